The van der Waals surface area contributed by atoms with Gasteiger partial charge in [-0.15, -0.1) is 0 Å². The molecular formula is C19H16ClN3O2. The van der Waals surface area contributed by atoms with E-state index in [1.54, 1.807) is 30.3 Å². The number of hydrogen-bond donors (Lipinski definition) is 2. The minimum atomic E-state index is -0.832. The Bertz CT molecular complexity index is 925. The number of halogens is 1. The zero-order chi connectivity index (χ0) is 17.8. The van der Waals surface area contributed by atoms with Crippen LogP contribution in [0.4, 0.5) is 0 Å². The number of aromatic nitrogens is 1. The van der Waals surface area contributed by atoms with Crippen molar-refractivity contribution in [2.45, 2.75) is 12.5 Å². The second-order valence-electron chi connectivity index (χ2n) is 5.65. The normalized spacial score (nSPS) is 11.9. The summed E-state index contributed by atoms with van der Waals surface area (Å²) in [6.07, 6.45) is 0.284. The maximum Gasteiger partial charge on any atom is 0.270 e. The number of benzene rings is 2. The molecule has 0 saturated heterocycles. The summed E-state index contributed by atoms with van der Waals surface area (Å²) < 4.78 is 0. The van der Waals surface area contributed by atoms with Gasteiger partial charge in [0.2, 0.25) is 5.91 Å². The number of carbonyl (C=O) groups is 2. The molecule has 3 aromatic rings. The van der Waals surface area contributed by atoms with Crippen molar-refractivity contribution in [2.75, 3.05) is 0 Å². The van der Waals surface area contributed by atoms with Crippen molar-refractivity contribution in [1.29, 1.82) is 0 Å². The highest BCUT2D eigenvalue weighted by Gasteiger charge is 2.20. The molecule has 0 saturated carbocycles. The number of carbonyl (C=O) groups excluding carboxylic acids is 2. The molecule has 0 spiro atoms. The molecule has 0 aliphatic rings. The number of para-hydroxylation sites is 1. The van der Waals surface area contributed by atoms with Gasteiger partial charge in [0.25, 0.3) is 5.91 Å². The van der Waals surface area contributed by atoms with Crippen LogP contribution in [-0.2, 0) is 11.2 Å². The molecule has 25 heavy (non-hydrogen) atoms. The Balaban J connectivity index is 1.77. The van der Waals surface area contributed by atoms with E-state index in [9.17, 15) is 9.59 Å². The quantitative estimate of drug-likeness (QED) is 0.739. The number of rotatable bonds is 5. The Kier molecular flexibility index (Phi) is 4.95. The van der Waals surface area contributed by atoms with Crippen molar-refractivity contribution in [2.24, 2.45) is 5.73 Å². The first kappa shape index (κ1) is 16.9. The van der Waals surface area contributed by atoms with Crippen LogP contribution < -0.4 is 11.1 Å². The van der Waals surface area contributed by atoms with Crippen molar-refractivity contribution in [3.05, 3.63) is 76.9 Å². The second kappa shape index (κ2) is 7.32. The smallest absolute Gasteiger partial charge is 0.270 e. The lowest BCUT2D eigenvalue weighted by Gasteiger charge is -2.15. The number of pyridine rings is 1. The predicted octanol–water partition coefficient (Wildman–Crippen LogP) is 2.71. The zero-order valence-corrected chi connectivity index (χ0v) is 14.0. The maximum atomic E-state index is 12.4. The van der Waals surface area contributed by atoms with E-state index in [-0.39, 0.29) is 12.1 Å². The lowest BCUT2D eigenvalue weighted by molar-refractivity contribution is -0.119. The van der Waals surface area contributed by atoms with E-state index in [0.29, 0.717) is 10.5 Å². The molecule has 1 aromatic heterocycles. The molecule has 1 atom stereocenters. The lowest BCUT2D eigenvalue weighted by atomic mass is 10.1. The van der Waals surface area contributed by atoms with Gasteiger partial charge in [0, 0.05) is 16.8 Å². The van der Waals surface area contributed by atoms with Crippen LogP contribution >= 0.6 is 11.6 Å². The van der Waals surface area contributed by atoms with Crippen LogP contribution in [-0.4, -0.2) is 22.8 Å². The first-order valence-corrected chi connectivity index (χ1v) is 8.11. The van der Waals surface area contributed by atoms with Gasteiger partial charge in [-0.25, -0.2) is 4.98 Å². The molecule has 0 radical (unpaired) electrons. The van der Waals surface area contributed by atoms with Crippen LogP contribution in [0.3, 0.4) is 0 Å². The molecule has 5 nitrogen and oxygen atoms in total. The number of nitrogens with zero attached hydrogens (tertiary/aromatic N) is 1. The fraction of sp³-hybridized carbons (Fsp3) is 0.105. The Morgan fingerprint density at radius 1 is 1.04 bits per heavy atom. The molecule has 2 amide bonds. The summed E-state index contributed by atoms with van der Waals surface area (Å²) in [7, 11) is 0. The van der Waals surface area contributed by atoms with Gasteiger partial charge in [0.1, 0.15) is 11.7 Å². The van der Waals surface area contributed by atoms with Crippen molar-refractivity contribution < 1.29 is 9.59 Å². The van der Waals surface area contributed by atoms with Gasteiger partial charge in [-0.05, 0) is 29.8 Å². The van der Waals surface area contributed by atoms with E-state index in [4.69, 9.17) is 17.3 Å². The zero-order valence-electron chi connectivity index (χ0n) is 13.3. The van der Waals surface area contributed by atoms with Crippen LogP contribution in [0, 0.1) is 0 Å². The maximum absolute atomic E-state index is 12.4. The Morgan fingerprint density at radius 3 is 2.48 bits per heavy atom. The average Bonchev–Trinajstić information content (AvgIpc) is 2.62. The molecular weight excluding hydrogens is 338 g/mol. The molecule has 0 bridgehead atoms. The highest BCUT2D eigenvalue weighted by atomic mass is 35.5. The lowest BCUT2D eigenvalue weighted by Crippen LogP contribution is -2.46. The van der Waals surface area contributed by atoms with Crippen LogP contribution in [0.2, 0.25) is 5.02 Å². The first-order valence-electron chi connectivity index (χ1n) is 7.73. The Hall–Kier alpha value is -2.92. The molecule has 1 heterocycles. The summed E-state index contributed by atoms with van der Waals surface area (Å²) in [5.74, 6) is -1.05. The molecule has 0 aliphatic carbocycles. The predicted molar refractivity (Wildman–Crippen MR) is 97.3 cm³/mol. The summed E-state index contributed by atoms with van der Waals surface area (Å²) in [4.78, 5) is 28.5. The highest BCUT2D eigenvalue weighted by molar-refractivity contribution is 6.30. The van der Waals surface area contributed by atoms with E-state index >= 15 is 0 Å². The van der Waals surface area contributed by atoms with E-state index in [0.717, 1.165) is 10.9 Å². The summed E-state index contributed by atoms with van der Waals surface area (Å²) in [6, 6.07) is 17.1. The summed E-state index contributed by atoms with van der Waals surface area (Å²) >= 11 is 5.85. The fourth-order valence-corrected chi connectivity index (χ4v) is 2.63. The molecule has 0 unspecified atom stereocenters. The average molecular weight is 354 g/mol. The number of hydrogen-bond acceptors (Lipinski definition) is 3. The minimum Gasteiger partial charge on any atom is -0.368 e. The molecule has 2 aromatic carbocycles. The molecule has 3 N–H and O–H groups in total. The molecule has 3 rings (SSSR count). The van der Waals surface area contributed by atoms with Crippen LogP contribution in [0.25, 0.3) is 10.9 Å². The van der Waals surface area contributed by atoms with E-state index < -0.39 is 17.9 Å². The van der Waals surface area contributed by atoms with Gasteiger partial charge in [-0.2, -0.15) is 0 Å². The largest absolute Gasteiger partial charge is 0.368 e. The van der Waals surface area contributed by atoms with E-state index in [1.165, 1.54) is 0 Å². The van der Waals surface area contributed by atoms with Gasteiger partial charge in [-0.1, -0.05) is 48.0 Å². The van der Waals surface area contributed by atoms with Crippen LogP contribution in [0.1, 0.15) is 16.1 Å². The standard InChI is InChI=1S/C19H16ClN3O2/c20-14-8-5-12(6-9-14)11-17(18(21)24)23-19(25)16-10-7-13-3-1-2-4-15(13)22-16/h1-10,17H,11H2,(H2,21,24)(H,23,25)/t17-/m0/s1. The van der Waals surface area contributed by atoms with Gasteiger partial charge in [-0.3, -0.25) is 9.59 Å². The number of fused-ring (bicyclic) bond motifs is 1. The topological polar surface area (TPSA) is 85.1 Å². The van der Waals surface area contributed by atoms with Crippen LogP contribution in [0.15, 0.2) is 60.7 Å². The first-order chi connectivity index (χ1) is 12.0. The molecule has 0 aliphatic heterocycles. The van der Waals surface area contributed by atoms with Gasteiger partial charge < -0.3 is 11.1 Å². The van der Waals surface area contributed by atoms with Crippen molar-refractivity contribution in [1.82, 2.24) is 10.3 Å². The summed E-state index contributed by atoms with van der Waals surface area (Å²) in [5, 5.41) is 4.19. The van der Waals surface area contributed by atoms with E-state index in [1.807, 2.05) is 30.3 Å². The number of amides is 2. The number of nitrogens with one attached hydrogen (secondary N) is 1. The Morgan fingerprint density at radius 2 is 1.76 bits per heavy atom. The Labute approximate surface area is 149 Å². The van der Waals surface area contributed by atoms with Crippen molar-refractivity contribution >= 4 is 34.3 Å². The minimum absolute atomic E-state index is 0.237. The summed E-state index contributed by atoms with van der Waals surface area (Å²) in [6.45, 7) is 0. The number of nitrogens with two attached hydrogens (primary N) is 1. The molecule has 6 heteroatoms. The van der Waals surface area contributed by atoms with Crippen molar-refractivity contribution in [3.63, 3.8) is 0 Å². The monoisotopic (exact) mass is 353 g/mol. The van der Waals surface area contributed by atoms with Gasteiger partial charge in [0.05, 0.1) is 5.52 Å². The molecule has 126 valence electrons. The third-order valence-corrected chi connectivity index (χ3v) is 4.08. The van der Waals surface area contributed by atoms with Gasteiger partial charge >= 0.3 is 0 Å². The fourth-order valence-electron chi connectivity index (χ4n) is 2.50. The third-order valence-electron chi connectivity index (χ3n) is 3.83. The van der Waals surface area contributed by atoms with E-state index in [2.05, 4.69) is 10.3 Å². The third kappa shape index (κ3) is 4.14. The van der Waals surface area contributed by atoms with Gasteiger partial charge in [0.15, 0.2) is 0 Å². The van der Waals surface area contributed by atoms with Crippen molar-refractivity contribution in [3.8, 4) is 0 Å². The van der Waals surface area contributed by atoms with Crippen LogP contribution in [0.5, 0.6) is 0 Å². The number of primary amides is 1. The molecule has 0 fully saturated rings. The highest BCUT2D eigenvalue weighted by Crippen LogP contribution is 2.13. The second-order valence-corrected chi connectivity index (χ2v) is 6.08. The SMILES string of the molecule is NC(=O)[C@H](Cc1ccc(Cl)cc1)NC(=O)c1ccc2ccccc2n1. The summed E-state index contributed by atoms with van der Waals surface area (Å²) in [5.41, 5.74) is 7.23.